The number of fused-ring (bicyclic) bond motifs is 1. The molecule has 0 saturated carbocycles. The Morgan fingerprint density at radius 2 is 1.90 bits per heavy atom. The molecule has 0 radical (unpaired) electrons. The van der Waals surface area contributed by atoms with Crippen LogP contribution in [-0.2, 0) is 4.79 Å². The Hall–Kier alpha value is -2.51. The van der Waals surface area contributed by atoms with Gasteiger partial charge in [0.2, 0.25) is 0 Å². The van der Waals surface area contributed by atoms with E-state index in [1.807, 2.05) is 44.2 Å². The highest BCUT2D eigenvalue weighted by Crippen LogP contribution is 2.32. The van der Waals surface area contributed by atoms with Gasteiger partial charge in [0.15, 0.2) is 5.65 Å². The molecule has 1 fully saturated rings. The van der Waals surface area contributed by atoms with Gasteiger partial charge >= 0.3 is 0 Å². The Balaban J connectivity index is 1.24. The first-order chi connectivity index (χ1) is 14.6. The lowest BCUT2D eigenvalue weighted by molar-refractivity contribution is -0.123. The van der Waals surface area contributed by atoms with Crippen molar-refractivity contribution in [3.63, 3.8) is 0 Å². The number of aryl methyl sites for hydroxylation is 1. The second-order valence-electron chi connectivity index (χ2n) is 7.62. The Morgan fingerprint density at radius 3 is 2.60 bits per heavy atom. The minimum absolute atomic E-state index is 0.259. The molecule has 6 nitrogen and oxygen atoms in total. The Labute approximate surface area is 180 Å². The highest BCUT2D eigenvalue weighted by Gasteiger charge is 2.23. The van der Waals surface area contributed by atoms with Crippen molar-refractivity contribution in [1.29, 1.82) is 0 Å². The monoisotopic (exact) mass is 425 g/mol. The molecule has 0 amide bonds. The summed E-state index contributed by atoms with van der Waals surface area (Å²) in [4.78, 5) is 22.9. The number of ether oxygens (including phenoxy) is 2. The third kappa shape index (κ3) is 4.96. The molecule has 3 aromatic rings. The van der Waals surface area contributed by atoms with Crippen LogP contribution in [0, 0.1) is 12.8 Å². The van der Waals surface area contributed by atoms with Gasteiger partial charge in [0.05, 0.1) is 4.70 Å². The minimum Gasteiger partial charge on any atom is -0.492 e. The minimum atomic E-state index is 0.259. The van der Waals surface area contributed by atoms with Crippen LogP contribution in [0.4, 0.5) is 0 Å². The number of benzene rings is 1. The van der Waals surface area contributed by atoms with Crippen molar-refractivity contribution in [2.45, 2.75) is 33.1 Å². The van der Waals surface area contributed by atoms with Gasteiger partial charge in [-0.1, -0.05) is 18.3 Å². The summed E-state index contributed by atoms with van der Waals surface area (Å²) in [6.45, 7) is 7.46. The lowest BCUT2D eigenvalue weighted by Crippen LogP contribution is -2.38. The van der Waals surface area contributed by atoms with E-state index >= 15 is 0 Å². The molecule has 4 rings (SSSR count). The lowest BCUT2D eigenvalue weighted by Gasteiger charge is -2.30. The average molecular weight is 426 g/mol. The number of pyridine rings is 1. The molecule has 0 unspecified atom stereocenters. The number of nitrogens with zero attached hydrogens (tertiary/aromatic N) is 3. The maximum Gasteiger partial charge on any atom is 0.281 e. The van der Waals surface area contributed by atoms with Crippen LogP contribution in [0.15, 0.2) is 36.5 Å². The molecule has 1 saturated heterocycles. The van der Waals surface area contributed by atoms with Crippen LogP contribution in [0.2, 0.25) is 0 Å². The van der Waals surface area contributed by atoms with Crippen molar-refractivity contribution in [2.24, 2.45) is 5.92 Å². The molecule has 0 aliphatic carbocycles. The van der Waals surface area contributed by atoms with E-state index in [2.05, 4.69) is 14.9 Å². The highest BCUT2D eigenvalue weighted by molar-refractivity contribution is 7.20. The molecule has 3 heterocycles. The first-order valence-electron chi connectivity index (χ1n) is 10.5. The summed E-state index contributed by atoms with van der Waals surface area (Å²) in [5, 5.41) is 0.588. The van der Waals surface area contributed by atoms with Crippen molar-refractivity contribution >= 4 is 27.5 Å². The lowest BCUT2D eigenvalue weighted by atomic mass is 9.91. The summed E-state index contributed by atoms with van der Waals surface area (Å²) in [6, 6.07) is 9.59. The Morgan fingerprint density at radius 1 is 1.17 bits per heavy atom. The molecule has 1 aliphatic heterocycles. The zero-order chi connectivity index (χ0) is 20.9. The molecular weight excluding hydrogens is 398 g/mol. The zero-order valence-electron chi connectivity index (χ0n) is 17.5. The maximum absolute atomic E-state index is 11.8. The highest BCUT2D eigenvalue weighted by atomic mass is 32.1. The summed E-state index contributed by atoms with van der Waals surface area (Å²) in [5.74, 6) is 2.21. The van der Waals surface area contributed by atoms with Crippen LogP contribution in [0.1, 0.15) is 31.7 Å². The fourth-order valence-electron chi connectivity index (χ4n) is 3.74. The first kappa shape index (κ1) is 20.8. The fraction of sp³-hybridized carbons (Fsp3) is 0.435. The number of ketones is 1. The number of carbonyl (C=O) groups is 1. The van der Waals surface area contributed by atoms with Crippen LogP contribution in [-0.4, -0.2) is 46.9 Å². The first-order valence-corrected chi connectivity index (χ1v) is 11.3. The largest absolute Gasteiger partial charge is 0.492 e. The number of aromatic nitrogens is 2. The molecule has 7 heteroatoms. The predicted molar refractivity (Wildman–Crippen MR) is 119 cm³/mol. The van der Waals surface area contributed by atoms with Gasteiger partial charge in [-0.2, -0.15) is 4.98 Å². The number of hydrogen-bond acceptors (Lipinski definition) is 7. The summed E-state index contributed by atoms with van der Waals surface area (Å²) in [6.07, 6.45) is 4.36. The summed E-state index contributed by atoms with van der Waals surface area (Å²) in [7, 11) is 0. The molecule has 0 spiro atoms. The molecular formula is C23H27N3O3S. The van der Waals surface area contributed by atoms with Gasteiger partial charge in [0.1, 0.15) is 23.9 Å². The molecule has 0 atom stereocenters. The quantitative estimate of drug-likeness (QED) is 0.513. The van der Waals surface area contributed by atoms with E-state index in [1.54, 1.807) is 6.20 Å². The van der Waals surface area contributed by atoms with Gasteiger partial charge in [-0.25, -0.2) is 4.98 Å². The summed E-state index contributed by atoms with van der Waals surface area (Å²) in [5.41, 5.74) is 1.87. The van der Waals surface area contributed by atoms with E-state index in [-0.39, 0.29) is 5.92 Å². The zero-order valence-corrected chi connectivity index (χ0v) is 18.3. The SMILES string of the molecule is CCC(=O)C1CCN(CCOc2ccc(Oc3nc4nccc(C)c4s3)cc2)CC1. The van der Waals surface area contributed by atoms with Gasteiger partial charge in [-0.3, -0.25) is 9.69 Å². The van der Waals surface area contributed by atoms with Crippen LogP contribution < -0.4 is 9.47 Å². The summed E-state index contributed by atoms with van der Waals surface area (Å²) < 4.78 is 12.8. The van der Waals surface area contributed by atoms with Gasteiger partial charge < -0.3 is 9.47 Å². The van der Waals surface area contributed by atoms with Crippen LogP contribution in [0.25, 0.3) is 10.3 Å². The van der Waals surface area contributed by atoms with Crippen LogP contribution >= 0.6 is 11.3 Å². The van der Waals surface area contributed by atoms with Gasteiger partial charge in [-0.15, -0.1) is 0 Å². The topological polar surface area (TPSA) is 64.6 Å². The van der Waals surface area contributed by atoms with E-state index < -0.39 is 0 Å². The number of hydrogen-bond donors (Lipinski definition) is 0. The van der Waals surface area contributed by atoms with Crippen molar-refractivity contribution in [2.75, 3.05) is 26.2 Å². The molecule has 158 valence electrons. The van der Waals surface area contributed by atoms with Gasteiger partial charge in [0, 0.05) is 25.1 Å². The van der Waals surface area contributed by atoms with Crippen LogP contribution in [0.5, 0.6) is 16.7 Å². The normalized spacial score (nSPS) is 15.4. The number of thiazole rings is 1. The molecule has 30 heavy (non-hydrogen) atoms. The van der Waals surface area contributed by atoms with Crippen molar-refractivity contribution in [3.8, 4) is 16.7 Å². The van der Waals surface area contributed by atoms with E-state index in [0.717, 1.165) is 59.9 Å². The standard InChI is InChI=1S/C23H27N3O3S/c1-3-20(27)17-9-12-26(13-10-17)14-15-28-18-4-6-19(7-5-18)29-23-25-22-21(30-23)16(2)8-11-24-22/h4-8,11,17H,3,9-10,12-15H2,1-2H3. The van der Waals surface area contributed by atoms with Crippen molar-refractivity contribution in [1.82, 2.24) is 14.9 Å². The van der Waals surface area contributed by atoms with Gasteiger partial charge in [-0.05, 0) is 68.8 Å². The van der Waals surface area contributed by atoms with Crippen molar-refractivity contribution in [3.05, 3.63) is 42.1 Å². The Bertz CT molecular complexity index is 995. The number of carbonyl (C=O) groups excluding carboxylic acids is 1. The average Bonchev–Trinajstić information content (AvgIpc) is 3.19. The number of likely N-dealkylation sites (tertiary alicyclic amines) is 1. The molecule has 0 bridgehead atoms. The van der Waals surface area contributed by atoms with E-state index in [0.29, 0.717) is 24.0 Å². The maximum atomic E-state index is 11.8. The molecule has 2 aromatic heterocycles. The molecule has 1 aliphatic rings. The third-order valence-corrected chi connectivity index (χ3v) is 6.62. The molecule has 1 aromatic carbocycles. The predicted octanol–water partition coefficient (Wildman–Crippen LogP) is 4.86. The number of piperidine rings is 1. The smallest absolute Gasteiger partial charge is 0.281 e. The second kappa shape index (κ2) is 9.53. The van der Waals surface area contributed by atoms with E-state index in [1.165, 1.54) is 11.3 Å². The van der Waals surface area contributed by atoms with Crippen LogP contribution in [0.3, 0.4) is 0 Å². The van der Waals surface area contributed by atoms with Gasteiger partial charge in [0.25, 0.3) is 5.19 Å². The third-order valence-electron chi connectivity index (χ3n) is 5.57. The number of rotatable bonds is 8. The summed E-state index contributed by atoms with van der Waals surface area (Å²) >= 11 is 1.50. The number of Topliss-reactive ketones (excluding diaryl/α,β-unsaturated/α-hetero) is 1. The van der Waals surface area contributed by atoms with E-state index in [9.17, 15) is 4.79 Å². The van der Waals surface area contributed by atoms with Crippen molar-refractivity contribution < 1.29 is 14.3 Å². The molecule has 0 N–H and O–H groups in total. The Kier molecular flexibility index (Phi) is 6.59. The fourth-order valence-corrected chi connectivity index (χ4v) is 4.60. The second-order valence-corrected chi connectivity index (χ2v) is 8.58. The van der Waals surface area contributed by atoms with E-state index in [4.69, 9.17) is 9.47 Å².